The molecule has 7 heteroatoms. The van der Waals surface area contributed by atoms with E-state index < -0.39 is 8.07 Å². The van der Waals surface area contributed by atoms with Crippen LogP contribution in [0.3, 0.4) is 0 Å². The molecule has 6 aromatic rings. The number of hydrogen-bond donors (Lipinski definition) is 0. The van der Waals surface area contributed by atoms with Crippen molar-refractivity contribution >= 4 is 32.4 Å². The number of benzene rings is 4. The number of hydrogen-bond acceptors (Lipinski definition) is 3. The van der Waals surface area contributed by atoms with Crippen LogP contribution < -0.4 is 5.19 Å². The maximum absolute atomic E-state index is 4.41. The van der Waals surface area contributed by atoms with Crippen LogP contribution in [-0.2, 0) is 52.8 Å². The summed E-state index contributed by atoms with van der Waals surface area (Å²) in [5, 5.41) is 3.68. The maximum atomic E-state index is 4.41. The summed E-state index contributed by atoms with van der Waals surface area (Å²) in [6.45, 7) is 6.88. The maximum Gasteiger partial charge on any atom is 0.0815 e. The summed E-state index contributed by atoms with van der Waals surface area (Å²) in [5.41, 5.74) is 4.74. The number of rotatable bonds is 4. The fraction of sp³-hybridized carbons (Fsp3) is 0.0882. The summed E-state index contributed by atoms with van der Waals surface area (Å²) < 4.78 is 0. The Morgan fingerprint density at radius 2 is 1.37 bits per heavy atom. The van der Waals surface area contributed by atoms with Gasteiger partial charge in [-0.25, -0.2) is 6.07 Å². The Labute approximate surface area is 285 Å². The summed E-state index contributed by atoms with van der Waals surface area (Å²) >= 11 is 0. The van der Waals surface area contributed by atoms with Crippen LogP contribution in [0.25, 0.3) is 44.5 Å². The Balaban J connectivity index is 0.000000279. The number of pyridine rings is 1. The molecular formula is C34H27BIrN3SiY-4. The summed E-state index contributed by atoms with van der Waals surface area (Å²) in [6.07, 6.45) is 5.69. The Morgan fingerprint density at radius 3 is 2.02 bits per heavy atom. The molecule has 0 fully saturated rings. The second-order valence-electron chi connectivity index (χ2n) is 9.90. The molecule has 5 radical (unpaired) electrons. The molecule has 0 aliphatic heterocycles. The molecule has 3 nitrogen and oxygen atoms in total. The first-order chi connectivity index (χ1) is 18.5. The molecule has 0 N–H and O–H groups in total. The van der Waals surface area contributed by atoms with E-state index in [4.69, 9.17) is 0 Å². The quantitative estimate of drug-likeness (QED) is 0.142. The summed E-state index contributed by atoms with van der Waals surface area (Å²) in [5.74, 6) is 0.752. The van der Waals surface area contributed by atoms with Gasteiger partial charge in [-0.15, -0.1) is 65.5 Å². The molecule has 201 valence electrons. The van der Waals surface area contributed by atoms with Crippen molar-refractivity contribution in [1.29, 1.82) is 0 Å². The molecule has 0 saturated carbocycles. The van der Waals surface area contributed by atoms with E-state index in [9.17, 15) is 0 Å². The molecule has 4 aromatic carbocycles. The molecule has 0 amide bonds. The van der Waals surface area contributed by atoms with Gasteiger partial charge < -0.3 is 11.1 Å². The number of fused-ring (bicyclic) bond motifs is 1. The van der Waals surface area contributed by atoms with Crippen LogP contribution in [0.1, 0.15) is 0 Å². The van der Waals surface area contributed by atoms with E-state index in [1.165, 1.54) is 16.0 Å². The Bertz CT molecular complexity index is 1640. The fourth-order valence-electron chi connectivity index (χ4n) is 3.90. The SMILES string of the molecule is C[Si](C)(C)c1cnc(-c2[c-]cccc2)nc1.[B].[Ir].[Y].[c-]1ccc(-c2[c-]cc3ccccc3c2)[c-]c1-c1ccccn1. The van der Waals surface area contributed by atoms with Gasteiger partial charge in [0, 0.05) is 79.8 Å². The van der Waals surface area contributed by atoms with E-state index in [1.54, 1.807) is 6.20 Å². The molecule has 0 spiro atoms. The minimum Gasteiger partial charge on any atom is -0.352 e. The first-order valence-electron chi connectivity index (χ1n) is 12.5. The van der Waals surface area contributed by atoms with Gasteiger partial charge in [0.05, 0.1) is 13.9 Å². The summed E-state index contributed by atoms with van der Waals surface area (Å²) in [4.78, 5) is 13.2. The van der Waals surface area contributed by atoms with Gasteiger partial charge in [-0.2, -0.15) is 5.56 Å². The topological polar surface area (TPSA) is 38.7 Å². The van der Waals surface area contributed by atoms with Crippen LogP contribution in [0.2, 0.25) is 19.6 Å². The third kappa shape index (κ3) is 9.20. The van der Waals surface area contributed by atoms with Crippen molar-refractivity contribution in [2.45, 2.75) is 19.6 Å². The first-order valence-corrected chi connectivity index (χ1v) is 16.0. The second-order valence-corrected chi connectivity index (χ2v) is 15.0. The molecule has 0 bridgehead atoms. The van der Waals surface area contributed by atoms with Gasteiger partial charge in [-0.3, -0.25) is 33.2 Å². The summed E-state index contributed by atoms with van der Waals surface area (Å²) in [6, 6.07) is 43.1. The zero-order valence-corrected chi connectivity index (χ0v) is 29.5. The van der Waals surface area contributed by atoms with Gasteiger partial charge in [0.1, 0.15) is 0 Å². The molecule has 0 saturated heterocycles. The number of aromatic nitrogens is 3. The molecule has 2 heterocycles. The average Bonchev–Trinajstić information content (AvgIpc) is 2.98. The van der Waals surface area contributed by atoms with Crippen molar-refractivity contribution in [2.75, 3.05) is 0 Å². The molecular weight excluding hydrogens is 770 g/mol. The van der Waals surface area contributed by atoms with Crippen molar-refractivity contribution in [3.63, 3.8) is 0 Å². The largest absolute Gasteiger partial charge is 0.352 e. The van der Waals surface area contributed by atoms with Crippen LogP contribution in [0, 0.1) is 24.3 Å². The Morgan fingerprint density at radius 1 is 0.659 bits per heavy atom. The van der Waals surface area contributed by atoms with Gasteiger partial charge in [0.2, 0.25) is 0 Å². The zero-order valence-electron chi connectivity index (χ0n) is 23.2. The van der Waals surface area contributed by atoms with Crippen molar-refractivity contribution in [3.8, 4) is 33.8 Å². The predicted octanol–water partition coefficient (Wildman–Crippen LogP) is 7.07. The molecule has 0 atom stereocenters. The zero-order chi connectivity index (χ0) is 26.4. The minimum atomic E-state index is -1.29. The van der Waals surface area contributed by atoms with Crippen molar-refractivity contribution in [2.24, 2.45) is 0 Å². The minimum absolute atomic E-state index is 0. The predicted molar refractivity (Wildman–Crippen MR) is 164 cm³/mol. The van der Waals surface area contributed by atoms with Crippen LogP contribution in [-0.4, -0.2) is 31.4 Å². The molecule has 0 aliphatic rings. The molecule has 41 heavy (non-hydrogen) atoms. The van der Waals surface area contributed by atoms with E-state index in [-0.39, 0.29) is 61.2 Å². The van der Waals surface area contributed by atoms with Crippen molar-refractivity contribution in [1.82, 2.24) is 15.0 Å². The summed E-state index contributed by atoms with van der Waals surface area (Å²) in [7, 11) is -1.29. The molecule has 0 aliphatic carbocycles. The van der Waals surface area contributed by atoms with Crippen LogP contribution in [0.5, 0.6) is 0 Å². The van der Waals surface area contributed by atoms with Gasteiger partial charge >= 0.3 is 0 Å². The third-order valence-electron chi connectivity index (χ3n) is 6.10. The van der Waals surface area contributed by atoms with Crippen molar-refractivity contribution < 1.29 is 52.8 Å². The van der Waals surface area contributed by atoms with E-state index in [2.05, 4.69) is 77.1 Å². The number of nitrogens with zero attached hydrogens (tertiary/aromatic N) is 3. The first kappa shape index (κ1) is 34.6. The average molecular weight is 798 g/mol. The third-order valence-corrected chi connectivity index (χ3v) is 8.09. The smallest absolute Gasteiger partial charge is 0.0815 e. The van der Waals surface area contributed by atoms with Gasteiger partial charge in [0.15, 0.2) is 0 Å². The van der Waals surface area contributed by atoms with E-state index in [0.717, 1.165) is 33.8 Å². The van der Waals surface area contributed by atoms with E-state index in [1.807, 2.05) is 85.2 Å². The standard InChI is InChI=1S/C21H12N.C13H15N2Si.B.Ir.Y/c1-2-7-17-14-19(12-11-16(17)6-1)18-8-5-9-20(15-18)21-10-3-4-13-22-21;1-16(2,3)12-9-14-13(15-10-12)11-7-5-4-6-8-11;;;/h1-8,10-11,13-14H;4-7,9-10H,1-3H3;;;/q-3;-1;;;. The van der Waals surface area contributed by atoms with Gasteiger partial charge in [-0.05, 0) is 11.3 Å². The molecule has 0 unspecified atom stereocenters. The Hall–Kier alpha value is -2.59. The monoisotopic (exact) mass is 798 g/mol. The fourth-order valence-corrected chi connectivity index (χ4v) is 4.80. The van der Waals surface area contributed by atoms with Crippen LogP contribution >= 0.6 is 0 Å². The normalized spacial score (nSPS) is 10.2. The van der Waals surface area contributed by atoms with E-state index in [0.29, 0.717) is 0 Å². The van der Waals surface area contributed by atoms with Crippen molar-refractivity contribution in [3.05, 3.63) is 134 Å². The Kier molecular flexibility index (Phi) is 13.6. The van der Waals surface area contributed by atoms with Gasteiger partial charge in [0.25, 0.3) is 0 Å². The van der Waals surface area contributed by atoms with E-state index >= 15 is 0 Å². The second kappa shape index (κ2) is 16.1. The molecule has 6 rings (SSSR count). The molecule has 2 aromatic heterocycles. The van der Waals surface area contributed by atoms with Crippen LogP contribution in [0.4, 0.5) is 0 Å². The van der Waals surface area contributed by atoms with Crippen LogP contribution in [0.15, 0.2) is 110 Å². The van der Waals surface area contributed by atoms with Gasteiger partial charge in [-0.1, -0.05) is 61.1 Å².